The number of carboxylic acids is 1. The number of carboxylic acid groups (broad SMARTS) is 1. The Kier molecular flexibility index (Phi) is 14.9. The lowest BCUT2D eigenvalue weighted by Crippen LogP contribution is -2.44. The molecular weight excluding hydrogens is 659 g/mol. The van der Waals surface area contributed by atoms with E-state index in [1.165, 1.54) is 37.0 Å². The maximum absolute atomic E-state index is 13.6. The van der Waals surface area contributed by atoms with Crippen molar-refractivity contribution < 1.29 is 24.2 Å². The third-order valence-electron chi connectivity index (χ3n) is 8.93. The smallest absolute Gasteiger partial charge is 0.326 e. The van der Waals surface area contributed by atoms with Crippen LogP contribution in [0.15, 0.2) is 73.1 Å². The number of benzene rings is 2. The number of amides is 1. The Balaban J connectivity index is 1.42. The highest BCUT2D eigenvalue weighted by Gasteiger charge is 2.28. The van der Waals surface area contributed by atoms with Gasteiger partial charge in [-0.1, -0.05) is 110 Å². The summed E-state index contributed by atoms with van der Waals surface area (Å²) in [6.07, 6.45) is 11.7. The number of ketones is 1. The molecule has 272 valence electrons. The fourth-order valence-corrected chi connectivity index (χ4v) is 6.78. The largest absolute Gasteiger partial charge is 0.494 e. The van der Waals surface area contributed by atoms with E-state index >= 15 is 0 Å². The molecule has 4 aromatic rings. The molecular formula is C42H53N3O5S. The third-order valence-corrected chi connectivity index (χ3v) is 10.5. The Morgan fingerprint density at radius 2 is 1.45 bits per heavy atom. The Morgan fingerprint density at radius 1 is 0.804 bits per heavy atom. The van der Waals surface area contributed by atoms with E-state index in [0.29, 0.717) is 23.5 Å². The number of rotatable bonds is 20. The molecule has 4 rings (SSSR count). The van der Waals surface area contributed by atoms with E-state index in [0.717, 1.165) is 52.3 Å². The van der Waals surface area contributed by atoms with Gasteiger partial charge in [-0.3, -0.25) is 9.59 Å². The van der Waals surface area contributed by atoms with Gasteiger partial charge in [0.25, 0.3) is 0 Å². The third kappa shape index (κ3) is 12.1. The van der Waals surface area contributed by atoms with Crippen LogP contribution in [0.4, 0.5) is 0 Å². The van der Waals surface area contributed by atoms with E-state index in [-0.39, 0.29) is 24.0 Å². The Morgan fingerprint density at radius 3 is 2.06 bits per heavy atom. The molecule has 1 amide bonds. The van der Waals surface area contributed by atoms with Crippen LogP contribution in [-0.2, 0) is 21.4 Å². The molecule has 2 aromatic carbocycles. The second-order valence-electron chi connectivity index (χ2n) is 14.3. The highest BCUT2D eigenvalue weighted by Crippen LogP contribution is 2.31. The normalized spacial score (nSPS) is 12.6. The number of hydrogen-bond acceptors (Lipinski definition) is 7. The lowest BCUT2D eigenvalue weighted by molar-refractivity contribution is -0.142. The number of carbonyl (C=O) groups is 3. The highest BCUT2D eigenvalue weighted by molar-refractivity contribution is 7.14. The van der Waals surface area contributed by atoms with E-state index in [1.54, 1.807) is 12.4 Å². The minimum absolute atomic E-state index is 0.0193. The summed E-state index contributed by atoms with van der Waals surface area (Å²) in [7, 11) is 0. The van der Waals surface area contributed by atoms with Gasteiger partial charge in [-0.2, -0.15) is 0 Å². The summed E-state index contributed by atoms with van der Waals surface area (Å²) in [6.45, 7) is 11.2. The van der Waals surface area contributed by atoms with Crippen molar-refractivity contribution in [1.29, 1.82) is 0 Å². The van der Waals surface area contributed by atoms with Crippen molar-refractivity contribution in [3.8, 4) is 28.3 Å². The summed E-state index contributed by atoms with van der Waals surface area (Å²) in [5, 5.41) is 12.5. The molecule has 51 heavy (non-hydrogen) atoms. The van der Waals surface area contributed by atoms with Gasteiger partial charge in [0, 0.05) is 40.7 Å². The van der Waals surface area contributed by atoms with E-state index in [2.05, 4.69) is 43.0 Å². The number of Topliss-reactive ketones (excluding diaryl/α,β-unsaturated/α-hetero) is 1. The number of unbranched alkanes of at least 4 members (excludes halogenated alkanes) is 5. The minimum atomic E-state index is -1.07. The number of nitrogens with zero attached hydrogens (tertiary/aromatic N) is 2. The summed E-state index contributed by atoms with van der Waals surface area (Å²) in [6, 6.07) is 18.4. The van der Waals surface area contributed by atoms with Crippen LogP contribution < -0.4 is 10.1 Å². The number of aromatic nitrogens is 2. The van der Waals surface area contributed by atoms with Crippen molar-refractivity contribution in [3.63, 3.8) is 0 Å². The summed E-state index contributed by atoms with van der Waals surface area (Å²) in [4.78, 5) is 49.8. The van der Waals surface area contributed by atoms with Crippen LogP contribution in [0.3, 0.4) is 0 Å². The zero-order valence-electron chi connectivity index (χ0n) is 30.7. The van der Waals surface area contributed by atoms with Crippen molar-refractivity contribution >= 4 is 29.0 Å². The molecule has 0 aliphatic carbocycles. The zero-order valence-corrected chi connectivity index (χ0v) is 31.6. The topological polar surface area (TPSA) is 118 Å². The number of nitrogens with one attached hydrogen (secondary N) is 1. The SMILES string of the molecule is CCCCCCCOc1ccc(-c2cnc(-c3ccc(C[C@H](CC(=O)c4ccc(C(C)(C)C)s4)C(=O)NC(CCCC)C(=O)O)cc3)nc2)cc1. The molecule has 1 unspecified atom stereocenters. The van der Waals surface area contributed by atoms with Crippen molar-refractivity contribution in [2.75, 3.05) is 6.61 Å². The van der Waals surface area contributed by atoms with E-state index in [9.17, 15) is 19.5 Å². The van der Waals surface area contributed by atoms with Crippen molar-refractivity contribution in [1.82, 2.24) is 15.3 Å². The van der Waals surface area contributed by atoms with Gasteiger partial charge in [0.2, 0.25) is 5.91 Å². The molecule has 2 atom stereocenters. The van der Waals surface area contributed by atoms with Gasteiger partial charge in [-0.25, -0.2) is 14.8 Å². The molecule has 0 radical (unpaired) electrons. The lowest BCUT2D eigenvalue weighted by Gasteiger charge is -2.20. The maximum Gasteiger partial charge on any atom is 0.326 e. The fraction of sp³-hybridized carbons (Fsp3) is 0.452. The van der Waals surface area contributed by atoms with Gasteiger partial charge in [0.05, 0.1) is 11.5 Å². The number of ether oxygens (including phenoxy) is 1. The van der Waals surface area contributed by atoms with E-state index < -0.39 is 23.8 Å². The molecule has 9 heteroatoms. The molecule has 0 spiro atoms. The predicted molar refractivity (Wildman–Crippen MR) is 205 cm³/mol. The van der Waals surface area contributed by atoms with Crippen LogP contribution in [0.25, 0.3) is 22.5 Å². The Bertz CT molecular complexity index is 1690. The van der Waals surface area contributed by atoms with E-state index in [4.69, 9.17) is 4.74 Å². The Labute approximate surface area is 307 Å². The standard InChI is InChI=1S/C42H53N3O5S/c1-6-8-10-11-12-24-50-34-20-18-30(19-21-34)33-27-43-39(44-28-33)31-16-14-29(15-17-31)25-32(40(47)45-35(41(48)49)13-9-7-2)26-36(46)37-22-23-38(51-37)42(3,4)5/h14-23,27-28,32,35H,6-13,24-26H2,1-5H3,(H,45,47)(H,48,49)/t32-,35?/m1/s1. The van der Waals surface area contributed by atoms with Crippen LogP contribution >= 0.6 is 11.3 Å². The molecule has 2 aromatic heterocycles. The molecule has 0 saturated heterocycles. The van der Waals surface area contributed by atoms with Gasteiger partial charge in [-0.05, 0) is 60.1 Å². The summed E-state index contributed by atoms with van der Waals surface area (Å²) >= 11 is 1.45. The average Bonchev–Trinajstić information content (AvgIpc) is 3.64. The molecule has 2 N–H and O–H groups in total. The van der Waals surface area contributed by atoms with Crippen molar-refractivity contribution in [3.05, 3.63) is 88.4 Å². The van der Waals surface area contributed by atoms with Gasteiger partial charge in [0.1, 0.15) is 11.8 Å². The molecule has 0 aliphatic heterocycles. The van der Waals surface area contributed by atoms with Gasteiger partial charge < -0.3 is 15.2 Å². The minimum Gasteiger partial charge on any atom is -0.494 e. The number of aliphatic carboxylic acids is 1. The quantitative estimate of drug-likeness (QED) is 0.0692. The zero-order chi connectivity index (χ0) is 36.8. The lowest BCUT2D eigenvalue weighted by atomic mass is 9.91. The second kappa shape index (κ2) is 19.3. The van der Waals surface area contributed by atoms with Crippen LogP contribution in [-0.4, -0.2) is 45.4 Å². The maximum atomic E-state index is 13.6. The first-order valence-electron chi connectivity index (χ1n) is 18.3. The number of thiophene rings is 1. The first-order valence-corrected chi connectivity index (χ1v) is 19.1. The highest BCUT2D eigenvalue weighted by atomic mass is 32.1. The average molecular weight is 712 g/mol. The fourth-order valence-electron chi connectivity index (χ4n) is 5.77. The first kappa shape index (κ1) is 39.4. The molecule has 0 saturated carbocycles. The van der Waals surface area contributed by atoms with Crippen LogP contribution in [0.5, 0.6) is 5.75 Å². The molecule has 2 heterocycles. The second-order valence-corrected chi connectivity index (χ2v) is 15.3. The molecule has 0 bridgehead atoms. The predicted octanol–water partition coefficient (Wildman–Crippen LogP) is 9.71. The van der Waals surface area contributed by atoms with Crippen molar-refractivity contribution in [2.24, 2.45) is 5.92 Å². The number of hydrogen-bond donors (Lipinski definition) is 2. The van der Waals surface area contributed by atoms with Crippen LogP contribution in [0.1, 0.15) is 113 Å². The summed E-state index contributed by atoms with van der Waals surface area (Å²) < 4.78 is 5.90. The Hall–Kier alpha value is -4.37. The van der Waals surface area contributed by atoms with E-state index in [1.807, 2.05) is 67.6 Å². The van der Waals surface area contributed by atoms with Crippen LogP contribution in [0, 0.1) is 5.92 Å². The number of carbonyl (C=O) groups excluding carboxylic acids is 2. The summed E-state index contributed by atoms with van der Waals surface area (Å²) in [5.41, 5.74) is 3.49. The van der Waals surface area contributed by atoms with Gasteiger partial charge in [-0.15, -0.1) is 11.3 Å². The van der Waals surface area contributed by atoms with Gasteiger partial charge >= 0.3 is 5.97 Å². The molecule has 8 nitrogen and oxygen atoms in total. The monoisotopic (exact) mass is 711 g/mol. The summed E-state index contributed by atoms with van der Waals surface area (Å²) in [5.74, 6) is -0.920. The first-order chi connectivity index (χ1) is 24.5. The van der Waals surface area contributed by atoms with Crippen molar-refractivity contribution in [2.45, 2.75) is 110 Å². The molecule has 0 fully saturated rings. The molecule has 0 aliphatic rings. The van der Waals surface area contributed by atoms with Crippen LogP contribution in [0.2, 0.25) is 0 Å². The van der Waals surface area contributed by atoms with Gasteiger partial charge in [0.15, 0.2) is 11.6 Å².